The summed E-state index contributed by atoms with van der Waals surface area (Å²) in [4.78, 5) is 1.53. The maximum absolute atomic E-state index is 12.8. The first-order chi connectivity index (χ1) is 9.87. The van der Waals surface area contributed by atoms with Crippen LogP contribution >= 0.6 is 0 Å². The highest BCUT2D eigenvalue weighted by Gasteiger charge is 2.43. The molecule has 21 heavy (non-hydrogen) atoms. The maximum atomic E-state index is 12.8. The van der Waals surface area contributed by atoms with E-state index in [0.29, 0.717) is 25.4 Å². The first kappa shape index (κ1) is 16.6. The van der Waals surface area contributed by atoms with Crippen LogP contribution in [0, 0.1) is 11.3 Å². The van der Waals surface area contributed by atoms with E-state index in [2.05, 4.69) is 11.4 Å². The van der Waals surface area contributed by atoms with Crippen molar-refractivity contribution in [3.8, 4) is 6.07 Å². The van der Waals surface area contributed by atoms with Gasteiger partial charge in [0.05, 0.1) is 12.6 Å². The molecule has 1 N–H and O–H groups in total. The van der Waals surface area contributed by atoms with E-state index in [1.54, 1.807) is 0 Å². The van der Waals surface area contributed by atoms with Gasteiger partial charge in [0.1, 0.15) is 5.54 Å². The summed E-state index contributed by atoms with van der Waals surface area (Å²) in [6.07, 6.45) is 1.51. The van der Waals surface area contributed by atoms with Crippen LogP contribution in [0.15, 0.2) is 0 Å². The van der Waals surface area contributed by atoms with Crippen molar-refractivity contribution in [3.05, 3.63) is 0 Å². The number of nitriles is 1. The van der Waals surface area contributed by atoms with Gasteiger partial charge >= 0.3 is 6.18 Å². The van der Waals surface area contributed by atoms with Gasteiger partial charge in [-0.15, -0.1) is 0 Å². The summed E-state index contributed by atoms with van der Waals surface area (Å²) in [5.74, 6) is 0. The Hall–Kier alpha value is -0.800. The van der Waals surface area contributed by atoms with Gasteiger partial charge in [0.25, 0.3) is 0 Å². The lowest BCUT2D eigenvalue weighted by Gasteiger charge is -2.42. The Labute approximate surface area is 124 Å². The van der Waals surface area contributed by atoms with Crippen molar-refractivity contribution in [3.63, 3.8) is 0 Å². The Morgan fingerprint density at radius 1 is 1.33 bits per heavy atom. The number of hydrogen-bond donors (Lipinski definition) is 1. The smallest absolute Gasteiger partial charge is 0.297 e. The van der Waals surface area contributed by atoms with E-state index in [9.17, 15) is 18.4 Å². The second-order valence-electron chi connectivity index (χ2n) is 6.45. The Morgan fingerprint density at radius 3 is 2.57 bits per heavy atom. The predicted molar refractivity (Wildman–Crippen MR) is 74.7 cm³/mol. The van der Waals surface area contributed by atoms with Crippen molar-refractivity contribution >= 4 is 0 Å². The van der Waals surface area contributed by atoms with Crippen molar-refractivity contribution in [1.29, 1.82) is 5.26 Å². The molecular formula is C15H24F3N3. The summed E-state index contributed by atoms with van der Waals surface area (Å²) < 4.78 is 38.3. The van der Waals surface area contributed by atoms with Gasteiger partial charge in [-0.1, -0.05) is 6.92 Å². The lowest BCUT2D eigenvalue weighted by Crippen LogP contribution is -2.54. The van der Waals surface area contributed by atoms with Gasteiger partial charge in [-0.05, 0) is 51.5 Å². The van der Waals surface area contributed by atoms with Crippen LogP contribution in [0.5, 0.6) is 0 Å². The molecule has 2 aliphatic carbocycles. The molecular weight excluding hydrogens is 279 g/mol. The highest BCUT2D eigenvalue weighted by Crippen LogP contribution is 2.35. The van der Waals surface area contributed by atoms with Crippen LogP contribution in [0.2, 0.25) is 0 Å². The number of alkyl halides is 3. The standard InChI is InChI=1S/C15H24F3N3/c1-2-8-21(11-15(16,17)18)13-4-3-7-14(9-13,10-19)20-12-5-6-12/h12-13,20H,2-9,11H2,1H3. The van der Waals surface area contributed by atoms with E-state index in [0.717, 1.165) is 32.1 Å². The van der Waals surface area contributed by atoms with Crippen LogP contribution in [0.3, 0.4) is 0 Å². The first-order valence-corrected chi connectivity index (χ1v) is 7.87. The van der Waals surface area contributed by atoms with Crippen molar-refractivity contribution in [2.45, 2.75) is 75.7 Å². The predicted octanol–water partition coefficient (Wildman–Crippen LogP) is 3.22. The molecule has 2 rings (SSSR count). The third-order valence-electron chi connectivity index (χ3n) is 4.41. The topological polar surface area (TPSA) is 39.1 Å². The largest absolute Gasteiger partial charge is 0.401 e. The molecule has 3 nitrogen and oxygen atoms in total. The molecule has 0 spiro atoms. The zero-order valence-electron chi connectivity index (χ0n) is 12.5. The summed E-state index contributed by atoms with van der Waals surface area (Å²) in [7, 11) is 0. The van der Waals surface area contributed by atoms with Gasteiger partial charge < -0.3 is 0 Å². The van der Waals surface area contributed by atoms with E-state index < -0.39 is 18.3 Å². The van der Waals surface area contributed by atoms with Crippen LogP contribution in [0.1, 0.15) is 51.9 Å². The average molecular weight is 303 g/mol. The second-order valence-corrected chi connectivity index (χ2v) is 6.45. The van der Waals surface area contributed by atoms with Gasteiger partial charge in [-0.2, -0.15) is 18.4 Å². The van der Waals surface area contributed by atoms with Crippen LogP contribution in [0.25, 0.3) is 0 Å². The second kappa shape index (κ2) is 6.53. The molecule has 0 radical (unpaired) electrons. The highest BCUT2D eigenvalue weighted by atomic mass is 19.4. The normalized spacial score (nSPS) is 30.4. The molecule has 2 fully saturated rings. The Morgan fingerprint density at radius 2 is 2.05 bits per heavy atom. The van der Waals surface area contributed by atoms with Gasteiger partial charge in [0.15, 0.2) is 0 Å². The van der Waals surface area contributed by atoms with Crippen LogP contribution in [-0.2, 0) is 0 Å². The number of hydrogen-bond acceptors (Lipinski definition) is 3. The van der Waals surface area contributed by atoms with Gasteiger partial charge in [0.2, 0.25) is 0 Å². The first-order valence-electron chi connectivity index (χ1n) is 7.87. The van der Waals surface area contributed by atoms with E-state index >= 15 is 0 Å². The fourth-order valence-electron chi connectivity index (χ4n) is 3.35. The Kier molecular flexibility index (Phi) is 5.15. The van der Waals surface area contributed by atoms with Crippen molar-refractivity contribution < 1.29 is 13.2 Å². The van der Waals surface area contributed by atoms with Crippen molar-refractivity contribution in [1.82, 2.24) is 10.2 Å². The number of nitrogens with zero attached hydrogens (tertiary/aromatic N) is 2. The zero-order chi connectivity index (χ0) is 15.5. The van der Waals surface area contributed by atoms with E-state index in [1.165, 1.54) is 4.90 Å². The fraction of sp³-hybridized carbons (Fsp3) is 0.933. The monoisotopic (exact) mass is 303 g/mol. The summed E-state index contributed by atoms with van der Waals surface area (Å²) in [5, 5.41) is 12.9. The molecule has 0 aromatic carbocycles. The molecule has 120 valence electrons. The van der Waals surface area contributed by atoms with Gasteiger partial charge in [0, 0.05) is 12.1 Å². The van der Waals surface area contributed by atoms with Gasteiger partial charge in [-0.25, -0.2) is 0 Å². The minimum atomic E-state index is -4.17. The van der Waals surface area contributed by atoms with E-state index in [4.69, 9.17) is 0 Å². The van der Waals surface area contributed by atoms with Crippen LogP contribution in [0.4, 0.5) is 13.2 Å². The summed E-state index contributed by atoms with van der Waals surface area (Å²) in [6, 6.07) is 2.61. The van der Waals surface area contributed by atoms with Crippen molar-refractivity contribution in [2.75, 3.05) is 13.1 Å². The molecule has 2 atom stereocenters. The fourth-order valence-corrected chi connectivity index (χ4v) is 3.35. The molecule has 0 amide bonds. The van der Waals surface area contributed by atoms with Crippen molar-refractivity contribution in [2.24, 2.45) is 0 Å². The molecule has 0 aromatic rings. The molecule has 2 aliphatic rings. The molecule has 0 bridgehead atoms. The van der Waals surface area contributed by atoms with E-state index in [-0.39, 0.29) is 6.04 Å². The number of rotatable bonds is 6. The molecule has 0 aromatic heterocycles. The van der Waals surface area contributed by atoms with Crippen LogP contribution in [-0.4, -0.2) is 41.8 Å². The van der Waals surface area contributed by atoms with Gasteiger partial charge in [-0.3, -0.25) is 10.2 Å². The maximum Gasteiger partial charge on any atom is 0.401 e. The zero-order valence-corrected chi connectivity index (χ0v) is 12.5. The molecule has 0 aliphatic heterocycles. The molecule has 0 saturated heterocycles. The molecule has 0 heterocycles. The van der Waals surface area contributed by atoms with Crippen LogP contribution < -0.4 is 5.32 Å². The summed E-state index contributed by atoms with van der Waals surface area (Å²) >= 11 is 0. The summed E-state index contributed by atoms with van der Waals surface area (Å²) in [6.45, 7) is 1.47. The summed E-state index contributed by atoms with van der Waals surface area (Å²) in [5.41, 5.74) is -0.623. The lowest BCUT2D eigenvalue weighted by atomic mass is 9.79. The minimum absolute atomic E-state index is 0.147. The number of nitrogens with one attached hydrogen (secondary N) is 1. The highest BCUT2D eigenvalue weighted by molar-refractivity contribution is 5.13. The van der Waals surface area contributed by atoms with E-state index in [1.807, 2.05) is 6.92 Å². The lowest BCUT2D eigenvalue weighted by molar-refractivity contribution is -0.153. The minimum Gasteiger partial charge on any atom is -0.297 e. The number of halogens is 3. The average Bonchev–Trinajstić information content (AvgIpc) is 3.21. The molecule has 6 heteroatoms. The molecule has 2 saturated carbocycles. The quantitative estimate of drug-likeness (QED) is 0.819. The third kappa shape index (κ3) is 4.86. The Bertz CT molecular complexity index is 387. The molecule has 2 unspecified atom stereocenters. The third-order valence-corrected chi connectivity index (χ3v) is 4.41. The Balaban J connectivity index is 2.04. The SMILES string of the molecule is CCCN(CC(F)(F)F)C1CCCC(C#N)(NC2CC2)C1.